The number of nitrogens with one attached hydrogen (secondary N) is 1. The van der Waals surface area contributed by atoms with E-state index in [9.17, 15) is 0 Å². The van der Waals surface area contributed by atoms with Crippen LogP contribution in [0.15, 0.2) is 60.9 Å². The number of aromatic amines is 1. The highest BCUT2D eigenvalue weighted by molar-refractivity contribution is 5.75. The molecule has 0 saturated heterocycles. The van der Waals surface area contributed by atoms with Crippen LogP contribution in [0.2, 0.25) is 0 Å². The molecule has 0 unspecified atom stereocenters. The molecule has 0 bridgehead atoms. The number of pyridine rings is 2. The van der Waals surface area contributed by atoms with Crippen LogP contribution >= 0.6 is 0 Å². The lowest BCUT2D eigenvalue weighted by Crippen LogP contribution is -2.06. The van der Waals surface area contributed by atoms with E-state index in [1.807, 2.05) is 79.0 Å². The van der Waals surface area contributed by atoms with E-state index in [1.54, 1.807) is 48.9 Å². The maximum absolute atomic E-state index is 5.47. The molecule has 0 radical (unpaired) electrons. The van der Waals surface area contributed by atoms with Crippen molar-refractivity contribution < 1.29 is 33.4 Å². The highest BCUT2D eigenvalue weighted by atomic mass is 16.5. The first-order valence-corrected chi connectivity index (χ1v) is 12.5. The molecular weight excluding hydrogens is 508 g/mol. The fraction of sp³-hybridized carbons (Fsp3) is 0.188. The van der Waals surface area contributed by atoms with Crippen LogP contribution in [-0.2, 0) is 0 Å². The molecule has 0 fully saturated rings. The largest absolute Gasteiger partial charge is 0.493 e. The minimum absolute atomic E-state index is 0.558. The Kier molecular flexibility index (Phi) is 9.25. The van der Waals surface area contributed by atoms with Crippen molar-refractivity contribution in [3.63, 3.8) is 0 Å². The van der Waals surface area contributed by atoms with E-state index in [1.165, 1.54) is 0 Å². The molecule has 0 aliphatic carbocycles. The lowest BCUT2D eigenvalue weighted by Gasteiger charge is -2.12. The molecule has 40 heavy (non-hydrogen) atoms. The van der Waals surface area contributed by atoms with Crippen molar-refractivity contribution in [2.75, 3.05) is 42.7 Å². The Morgan fingerprint density at radius 1 is 0.525 bits per heavy atom. The molecule has 0 atom stereocenters. The van der Waals surface area contributed by atoms with E-state index in [2.05, 4.69) is 9.97 Å². The quantitative estimate of drug-likeness (QED) is 0.232. The fourth-order valence-electron chi connectivity index (χ4n) is 4.21. The molecule has 0 aliphatic heterocycles. The van der Waals surface area contributed by atoms with Crippen LogP contribution in [0.25, 0.3) is 35.7 Å². The average molecular weight is 542 g/mol. The number of aromatic nitrogens is 2. The number of hydrogen-bond acceptors (Lipinski definition) is 7. The summed E-state index contributed by atoms with van der Waals surface area (Å²) in [4.78, 5) is 7.87. The fourth-order valence-corrected chi connectivity index (χ4v) is 4.21. The van der Waals surface area contributed by atoms with Gasteiger partial charge in [0.2, 0.25) is 17.2 Å². The van der Waals surface area contributed by atoms with E-state index < -0.39 is 0 Å². The number of H-pyrrole nitrogens is 1. The van der Waals surface area contributed by atoms with Gasteiger partial charge in [0, 0.05) is 18.3 Å². The van der Waals surface area contributed by atoms with Gasteiger partial charge >= 0.3 is 0 Å². The highest BCUT2D eigenvalue weighted by Crippen LogP contribution is 2.39. The molecule has 4 aromatic rings. The number of methoxy groups -OCH3 is 6. The van der Waals surface area contributed by atoms with Gasteiger partial charge in [0.15, 0.2) is 29.2 Å². The van der Waals surface area contributed by atoms with Crippen molar-refractivity contribution in [2.45, 2.75) is 0 Å². The summed E-state index contributed by atoms with van der Waals surface area (Å²) in [5, 5.41) is 0. The predicted octanol–water partition coefficient (Wildman–Crippen LogP) is 5.96. The van der Waals surface area contributed by atoms with Gasteiger partial charge in [-0.3, -0.25) is 0 Å². The standard InChI is InChI=1S/C32H32N2O6/c1-35-27-17-23(18-28(36-2)31(27)39-5)9-7-21-11-13-33-25(15-21)26-16-22(12-14-34-26)8-10-24-19-29(37-3)32(40-6)30(20-24)38-4/h7-20H,1-6H3/p+1/b9-7+,10-8+. The summed E-state index contributed by atoms with van der Waals surface area (Å²) in [6, 6.07) is 15.6. The van der Waals surface area contributed by atoms with Gasteiger partial charge in [0.05, 0.1) is 42.7 Å². The van der Waals surface area contributed by atoms with Crippen molar-refractivity contribution in [3.05, 3.63) is 83.2 Å². The van der Waals surface area contributed by atoms with E-state index in [0.717, 1.165) is 33.6 Å². The molecule has 8 heteroatoms. The molecule has 206 valence electrons. The zero-order valence-electron chi connectivity index (χ0n) is 23.5. The molecule has 0 saturated carbocycles. The van der Waals surface area contributed by atoms with Crippen LogP contribution in [0.1, 0.15) is 22.3 Å². The summed E-state index contributed by atoms with van der Waals surface area (Å²) in [7, 11) is 9.58. The third-order valence-corrected chi connectivity index (χ3v) is 6.20. The summed E-state index contributed by atoms with van der Waals surface area (Å²) >= 11 is 0. The molecule has 0 aliphatic rings. The van der Waals surface area contributed by atoms with Crippen LogP contribution in [0.3, 0.4) is 0 Å². The van der Waals surface area contributed by atoms with Gasteiger partial charge in [0.25, 0.3) is 0 Å². The maximum atomic E-state index is 5.47. The first-order valence-electron chi connectivity index (χ1n) is 12.5. The normalized spacial score (nSPS) is 11.1. The van der Waals surface area contributed by atoms with Crippen LogP contribution < -0.4 is 33.4 Å². The Hall–Kier alpha value is -4.98. The van der Waals surface area contributed by atoms with Gasteiger partial charge in [-0.15, -0.1) is 0 Å². The topological polar surface area (TPSA) is 82.4 Å². The molecule has 2 aromatic carbocycles. The van der Waals surface area contributed by atoms with Crippen molar-refractivity contribution in [1.29, 1.82) is 0 Å². The first kappa shape index (κ1) is 28.0. The second-order valence-corrected chi connectivity index (χ2v) is 8.59. The summed E-state index contributed by atoms with van der Waals surface area (Å²) in [6.07, 6.45) is 11.7. The number of nitrogens with zero attached hydrogens (tertiary/aromatic N) is 1. The summed E-state index contributed by atoms with van der Waals surface area (Å²) in [5.41, 5.74) is 5.53. The second-order valence-electron chi connectivity index (χ2n) is 8.59. The van der Waals surface area contributed by atoms with E-state index in [4.69, 9.17) is 28.4 Å². The van der Waals surface area contributed by atoms with Crippen LogP contribution in [-0.4, -0.2) is 47.6 Å². The van der Waals surface area contributed by atoms with Crippen LogP contribution in [0.5, 0.6) is 34.5 Å². The van der Waals surface area contributed by atoms with Gasteiger partial charge in [0.1, 0.15) is 5.69 Å². The molecular formula is C32H33N2O6+. The van der Waals surface area contributed by atoms with Gasteiger partial charge in [-0.05, 0) is 58.7 Å². The number of rotatable bonds is 11. The van der Waals surface area contributed by atoms with E-state index in [-0.39, 0.29) is 0 Å². The molecule has 0 amide bonds. The minimum Gasteiger partial charge on any atom is -0.493 e. The molecule has 0 spiro atoms. The zero-order chi connectivity index (χ0) is 28.5. The third kappa shape index (κ3) is 6.35. The predicted molar refractivity (Wildman–Crippen MR) is 156 cm³/mol. The minimum atomic E-state index is 0.558. The van der Waals surface area contributed by atoms with Crippen LogP contribution in [0, 0.1) is 0 Å². The lowest BCUT2D eigenvalue weighted by molar-refractivity contribution is -0.364. The second kappa shape index (κ2) is 13.2. The van der Waals surface area contributed by atoms with E-state index in [0.29, 0.717) is 34.5 Å². The van der Waals surface area contributed by atoms with Gasteiger partial charge in [-0.1, -0.05) is 24.3 Å². The smallest absolute Gasteiger partial charge is 0.230 e. The Labute approximate surface area is 234 Å². The lowest BCUT2D eigenvalue weighted by atomic mass is 10.1. The zero-order valence-corrected chi connectivity index (χ0v) is 23.5. The summed E-state index contributed by atoms with van der Waals surface area (Å²) < 4.78 is 32.7. The van der Waals surface area contributed by atoms with Gasteiger partial charge in [-0.2, -0.15) is 0 Å². The number of hydrogen-bond donors (Lipinski definition) is 0. The summed E-state index contributed by atoms with van der Waals surface area (Å²) in [5.74, 6) is 3.52. The Morgan fingerprint density at radius 3 is 1.43 bits per heavy atom. The SMILES string of the molecule is COc1cc(/C=C/c2ccnc(-c3cc(/C=C/c4cc(OC)c(OC)c(OC)c4)cc[nH+]3)c2)cc(OC)c1OC. The number of ether oxygens (including phenoxy) is 6. The molecule has 4 rings (SSSR count). The maximum Gasteiger partial charge on any atom is 0.230 e. The molecule has 1 N–H and O–H groups in total. The third-order valence-electron chi connectivity index (χ3n) is 6.20. The monoisotopic (exact) mass is 541 g/mol. The number of benzene rings is 2. The Morgan fingerprint density at radius 2 is 0.975 bits per heavy atom. The molecule has 8 nitrogen and oxygen atoms in total. The first-order chi connectivity index (χ1) is 19.5. The van der Waals surface area contributed by atoms with Crippen molar-refractivity contribution >= 4 is 24.3 Å². The van der Waals surface area contributed by atoms with Gasteiger partial charge < -0.3 is 28.4 Å². The van der Waals surface area contributed by atoms with Crippen LogP contribution in [0.4, 0.5) is 0 Å². The molecule has 2 heterocycles. The van der Waals surface area contributed by atoms with Crippen molar-refractivity contribution in [1.82, 2.24) is 4.98 Å². The van der Waals surface area contributed by atoms with Crippen molar-refractivity contribution in [3.8, 4) is 45.9 Å². The van der Waals surface area contributed by atoms with Gasteiger partial charge in [-0.25, -0.2) is 9.97 Å². The van der Waals surface area contributed by atoms with Crippen molar-refractivity contribution in [2.24, 2.45) is 0 Å². The highest BCUT2D eigenvalue weighted by Gasteiger charge is 2.14. The Bertz CT molecular complexity index is 1360. The Balaban J connectivity index is 1.58. The summed E-state index contributed by atoms with van der Waals surface area (Å²) in [6.45, 7) is 0. The van der Waals surface area contributed by atoms with E-state index >= 15 is 0 Å². The average Bonchev–Trinajstić information content (AvgIpc) is 3.01. The molecule has 2 aromatic heterocycles.